The van der Waals surface area contributed by atoms with Gasteiger partial charge in [0.2, 0.25) is 0 Å². The molecule has 0 aliphatic heterocycles. The Morgan fingerprint density at radius 3 is 2.87 bits per heavy atom. The van der Waals surface area contributed by atoms with Gasteiger partial charge in [0, 0.05) is 29.9 Å². The normalized spacial score (nSPS) is 10.5. The maximum Gasteiger partial charge on any atom is 0.279 e. The van der Waals surface area contributed by atoms with Gasteiger partial charge in [-0.15, -0.1) is 11.3 Å². The van der Waals surface area contributed by atoms with Gasteiger partial charge in [0.1, 0.15) is 5.82 Å². The Balaban J connectivity index is 1.70. The van der Waals surface area contributed by atoms with Crippen molar-refractivity contribution in [3.05, 3.63) is 64.8 Å². The summed E-state index contributed by atoms with van der Waals surface area (Å²) in [5.41, 5.74) is 6.50. The number of nitrogens with one attached hydrogen (secondary N) is 1. The number of hydrogen-bond donors (Lipinski definition) is 2. The van der Waals surface area contributed by atoms with Crippen molar-refractivity contribution in [2.75, 3.05) is 11.1 Å². The van der Waals surface area contributed by atoms with Gasteiger partial charge >= 0.3 is 0 Å². The van der Waals surface area contributed by atoms with E-state index in [4.69, 9.17) is 5.73 Å². The second-order valence-electron chi connectivity index (χ2n) is 4.68. The zero-order chi connectivity index (χ0) is 16.2. The summed E-state index contributed by atoms with van der Waals surface area (Å²) >= 11 is 1.31. The molecule has 0 aliphatic rings. The Bertz CT molecular complexity index is 851. The average Bonchev–Trinajstić information content (AvgIpc) is 2.94. The first-order valence-corrected chi connectivity index (χ1v) is 7.50. The predicted octanol–water partition coefficient (Wildman–Crippen LogP) is 2.50. The lowest BCUT2D eigenvalue weighted by Crippen LogP contribution is -2.16. The number of aromatic nitrogens is 3. The van der Waals surface area contributed by atoms with Crippen molar-refractivity contribution in [3.8, 4) is 0 Å². The van der Waals surface area contributed by atoms with Crippen LogP contribution in [-0.4, -0.2) is 20.9 Å². The van der Waals surface area contributed by atoms with E-state index < -0.39 is 5.91 Å². The molecule has 0 aliphatic carbocycles. The van der Waals surface area contributed by atoms with Gasteiger partial charge in [0.05, 0.1) is 0 Å². The molecule has 1 amide bonds. The summed E-state index contributed by atoms with van der Waals surface area (Å²) in [7, 11) is 0. The van der Waals surface area contributed by atoms with Crippen molar-refractivity contribution in [2.24, 2.45) is 0 Å². The van der Waals surface area contributed by atoms with Gasteiger partial charge in [0.25, 0.3) is 5.91 Å². The number of nitrogens with zero attached hydrogens (tertiary/aromatic N) is 3. The number of rotatable bonds is 4. The zero-order valence-electron chi connectivity index (χ0n) is 11.9. The standard InChI is InChI=1S/C15H12FN5OS/c16-10-3-1-2-9(6-10)7-11-8-20-15(23-11)21-14(22)12-13(17)19-5-4-18-12/h1-6,8H,7H2,(H2,17,19)(H,20,21,22). The topological polar surface area (TPSA) is 93.8 Å². The van der Waals surface area contributed by atoms with Crippen molar-refractivity contribution < 1.29 is 9.18 Å². The number of carbonyl (C=O) groups is 1. The van der Waals surface area contributed by atoms with Crippen molar-refractivity contribution in [3.63, 3.8) is 0 Å². The van der Waals surface area contributed by atoms with E-state index >= 15 is 0 Å². The van der Waals surface area contributed by atoms with Crippen LogP contribution in [0.15, 0.2) is 42.9 Å². The largest absolute Gasteiger partial charge is 0.382 e. The van der Waals surface area contributed by atoms with E-state index in [0.29, 0.717) is 11.6 Å². The quantitative estimate of drug-likeness (QED) is 0.767. The Hall–Kier alpha value is -2.87. The van der Waals surface area contributed by atoms with Crippen LogP contribution in [0.3, 0.4) is 0 Å². The van der Waals surface area contributed by atoms with Gasteiger partial charge in [-0.05, 0) is 17.7 Å². The molecule has 0 saturated heterocycles. The predicted molar refractivity (Wildman–Crippen MR) is 85.7 cm³/mol. The summed E-state index contributed by atoms with van der Waals surface area (Å²) in [6.45, 7) is 0. The van der Waals surface area contributed by atoms with E-state index in [9.17, 15) is 9.18 Å². The number of nitrogens with two attached hydrogens (primary N) is 1. The fraction of sp³-hybridized carbons (Fsp3) is 0.0667. The molecule has 8 heteroatoms. The lowest BCUT2D eigenvalue weighted by atomic mass is 10.1. The molecule has 116 valence electrons. The summed E-state index contributed by atoms with van der Waals surface area (Å²) < 4.78 is 13.2. The summed E-state index contributed by atoms with van der Waals surface area (Å²) in [5, 5.41) is 3.05. The lowest BCUT2D eigenvalue weighted by molar-refractivity contribution is 0.102. The smallest absolute Gasteiger partial charge is 0.279 e. The summed E-state index contributed by atoms with van der Waals surface area (Å²) in [5.74, 6) is -0.692. The van der Waals surface area contributed by atoms with E-state index in [1.165, 1.54) is 35.9 Å². The third-order valence-corrected chi connectivity index (χ3v) is 3.90. The monoisotopic (exact) mass is 329 g/mol. The van der Waals surface area contributed by atoms with Gasteiger partial charge in [-0.3, -0.25) is 10.1 Å². The minimum Gasteiger partial charge on any atom is -0.382 e. The first-order valence-electron chi connectivity index (χ1n) is 6.69. The molecule has 0 unspecified atom stereocenters. The maximum absolute atomic E-state index is 13.2. The van der Waals surface area contributed by atoms with Crippen molar-refractivity contribution in [1.82, 2.24) is 15.0 Å². The SMILES string of the molecule is Nc1nccnc1C(=O)Nc1ncc(Cc2cccc(F)c2)s1. The fourth-order valence-corrected chi connectivity index (χ4v) is 2.82. The molecule has 2 aromatic heterocycles. The first-order chi connectivity index (χ1) is 11.1. The number of anilines is 2. The highest BCUT2D eigenvalue weighted by atomic mass is 32.1. The highest BCUT2D eigenvalue weighted by Crippen LogP contribution is 2.22. The van der Waals surface area contributed by atoms with E-state index in [2.05, 4.69) is 20.3 Å². The Morgan fingerprint density at radius 2 is 2.09 bits per heavy atom. The van der Waals surface area contributed by atoms with Crippen LogP contribution in [0.4, 0.5) is 15.3 Å². The number of benzene rings is 1. The highest BCUT2D eigenvalue weighted by molar-refractivity contribution is 7.15. The van der Waals surface area contributed by atoms with Gasteiger partial charge in [-0.2, -0.15) is 0 Å². The zero-order valence-corrected chi connectivity index (χ0v) is 12.7. The molecule has 1 aromatic carbocycles. The van der Waals surface area contributed by atoms with Crippen LogP contribution in [0.5, 0.6) is 0 Å². The Morgan fingerprint density at radius 1 is 1.26 bits per heavy atom. The van der Waals surface area contributed by atoms with Crippen LogP contribution in [0.25, 0.3) is 0 Å². The van der Waals surface area contributed by atoms with E-state index in [1.807, 2.05) is 6.07 Å². The Kier molecular flexibility index (Phi) is 4.24. The van der Waals surface area contributed by atoms with Crippen molar-refractivity contribution >= 4 is 28.2 Å². The van der Waals surface area contributed by atoms with Gasteiger partial charge in [-0.1, -0.05) is 12.1 Å². The number of halogens is 1. The molecule has 23 heavy (non-hydrogen) atoms. The molecule has 3 N–H and O–H groups in total. The molecule has 3 rings (SSSR count). The number of thiazole rings is 1. The minimum absolute atomic E-state index is 0.0504. The maximum atomic E-state index is 13.2. The van der Waals surface area contributed by atoms with Crippen LogP contribution < -0.4 is 11.1 Å². The van der Waals surface area contributed by atoms with Gasteiger partial charge < -0.3 is 5.73 Å². The molecule has 2 heterocycles. The van der Waals surface area contributed by atoms with E-state index in [-0.39, 0.29) is 17.3 Å². The number of nitrogen functional groups attached to an aromatic ring is 1. The first kappa shape index (κ1) is 15.0. The molecule has 0 fully saturated rings. The van der Waals surface area contributed by atoms with Crippen LogP contribution in [0.1, 0.15) is 20.9 Å². The number of carbonyl (C=O) groups excluding carboxylic acids is 1. The summed E-state index contributed by atoms with van der Waals surface area (Å²) in [4.78, 5) is 24.8. The second-order valence-corrected chi connectivity index (χ2v) is 5.80. The van der Waals surface area contributed by atoms with E-state index in [1.54, 1.807) is 12.3 Å². The molecule has 0 spiro atoms. The number of amides is 1. The Labute approximate surface area is 135 Å². The van der Waals surface area contributed by atoms with Crippen LogP contribution in [0.2, 0.25) is 0 Å². The molecular formula is C15H12FN5OS. The number of hydrogen-bond acceptors (Lipinski definition) is 6. The summed E-state index contributed by atoms with van der Waals surface area (Å²) in [6, 6.07) is 6.36. The molecular weight excluding hydrogens is 317 g/mol. The van der Waals surface area contributed by atoms with Gasteiger partial charge in [-0.25, -0.2) is 19.3 Å². The molecule has 3 aromatic rings. The van der Waals surface area contributed by atoms with Crippen molar-refractivity contribution in [1.29, 1.82) is 0 Å². The van der Waals surface area contributed by atoms with Crippen LogP contribution in [-0.2, 0) is 6.42 Å². The lowest BCUT2D eigenvalue weighted by Gasteiger charge is -2.02. The summed E-state index contributed by atoms with van der Waals surface area (Å²) in [6.07, 6.45) is 4.99. The third-order valence-electron chi connectivity index (χ3n) is 2.98. The molecule has 0 radical (unpaired) electrons. The molecule has 0 atom stereocenters. The minimum atomic E-state index is -0.470. The van der Waals surface area contributed by atoms with E-state index in [0.717, 1.165) is 10.4 Å². The average molecular weight is 329 g/mol. The van der Waals surface area contributed by atoms with Crippen LogP contribution >= 0.6 is 11.3 Å². The third kappa shape index (κ3) is 3.67. The van der Waals surface area contributed by atoms with Crippen molar-refractivity contribution in [2.45, 2.75) is 6.42 Å². The molecule has 0 bridgehead atoms. The van der Waals surface area contributed by atoms with Crippen LogP contribution in [0, 0.1) is 5.82 Å². The fourth-order valence-electron chi connectivity index (χ4n) is 1.98. The van der Waals surface area contributed by atoms with Gasteiger partial charge in [0.15, 0.2) is 16.6 Å². The highest BCUT2D eigenvalue weighted by Gasteiger charge is 2.14. The molecule has 6 nitrogen and oxygen atoms in total. The molecule has 0 saturated carbocycles. The second kappa shape index (κ2) is 6.49.